The molecule has 4 heteroatoms. The van der Waals surface area contributed by atoms with Crippen molar-refractivity contribution in [1.29, 1.82) is 0 Å². The molecular formula is C16H33NO2S. The first kappa shape index (κ1) is 18.0. The van der Waals surface area contributed by atoms with Crippen molar-refractivity contribution >= 4 is 9.84 Å². The minimum Gasteiger partial charge on any atom is -0.327 e. The van der Waals surface area contributed by atoms with E-state index in [0.29, 0.717) is 11.7 Å². The van der Waals surface area contributed by atoms with Crippen LogP contribution < -0.4 is 5.73 Å². The summed E-state index contributed by atoms with van der Waals surface area (Å²) >= 11 is 0. The first-order valence-electron chi connectivity index (χ1n) is 8.21. The summed E-state index contributed by atoms with van der Waals surface area (Å²) in [7, 11) is -3.03. The number of hydrogen-bond acceptors (Lipinski definition) is 3. The molecule has 0 amide bonds. The van der Waals surface area contributed by atoms with Gasteiger partial charge >= 0.3 is 0 Å². The molecule has 3 unspecified atom stereocenters. The number of unbranched alkanes of at least 4 members (excludes halogenated alkanes) is 2. The van der Waals surface area contributed by atoms with Crippen LogP contribution in [0, 0.1) is 11.3 Å². The van der Waals surface area contributed by atoms with Gasteiger partial charge in [0.05, 0.1) is 11.0 Å². The van der Waals surface area contributed by atoms with Gasteiger partial charge in [-0.05, 0) is 37.0 Å². The van der Waals surface area contributed by atoms with Crippen LogP contribution in [0.1, 0.15) is 72.6 Å². The molecule has 0 radical (unpaired) electrons. The molecule has 3 atom stereocenters. The maximum absolute atomic E-state index is 12.6. The zero-order valence-electron chi connectivity index (χ0n) is 13.7. The molecule has 1 aliphatic carbocycles. The van der Waals surface area contributed by atoms with Crippen LogP contribution in [0.2, 0.25) is 0 Å². The Kier molecular flexibility index (Phi) is 6.52. The Labute approximate surface area is 125 Å². The van der Waals surface area contributed by atoms with Gasteiger partial charge in [0.1, 0.15) is 0 Å². The van der Waals surface area contributed by atoms with Gasteiger partial charge in [0.25, 0.3) is 0 Å². The second-order valence-electron chi connectivity index (χ2n) is 7.13. The van der Waals surface area contributed by atoms with Crippen LogP contribution in [0.25, 0.3) is 0 Å². The third kappa shape index (κ3) is 4.45. The zero-order valence-corrected chi connectivity index (χ0v) is 14.5. The molecule has 0 spiro atoms. The molecule has 1 saturated carbocycles. The number of rotatable bonds is 7. The van der Waals surface area contributed by atoms with E-state index in [4.69, 9.17) is 5.73 Å². The predicted octanol–water partition coefficient (Wildman–Crippen LogP) is 3.52. The third-order valence-corrected chi connectivity index (χ3v) is 7.68. The summed E-state index contributed by atoms with van der Waals surface area (Å²) in [5.74, 6) is 0.802. The van der Waals surface area contributed by atoms with Crippen molar-refractivity contribution in [3.8, 4) is 0 Å². The van der Waals surface area contributed by atoms with Gasteiger partial charge < -0.3 is 5.73 Å². The van der Waals surface area contributed by atoms with Crippen LogP contribution in [0.4, 0.5) is 0 Å². The van der Waals surface area contributed by atoms with E-state index in [-0.39, 0.29) is 16.7 Å². The summed E-state index contributed by atoms with van der Waals surface area (Å²) in [4.78, 5) is 0. The maximum atomic E-state index is 12.6. The lowest BCUT2D eigenvalue weighted by molar-refractivity contribution is 0.146. The first-order valence-corrected chi connectivity index (χ1v) is 9.93. The van der Waals surface area contributed by atoms with E-state index in [1.807, 2.05) is 0 Å². The molecule has 3 nitrogen and oxygen atoms in total. The highest BCUT2D eigenvalue weighted by molar-refractivity contribution is 7.92. The lowest BCUT2D eigenvalue weighted by atomic mass is 9.69. The number of sulfone groups is 1. The van der Waals surface area contributed by atoms with Crippen molar-refractivity contribution < 1.29 is 8.42 Å². The van der Waals surface area contributed by atoms with Crippen LogP contribution >= 0.6 is 0 Å². The molecule has 0 aromatic carbocycles. The topological polar surface area (TPSA) is 60.2 Å². The Morgan fingerprint density at radius 3 is 2.35 bits per heavy atom. The van der Waals surface area contributed by atoms with E-state index in [2.05, 4.69) is 27.7 Å². The number of nitrogens with two attached hydrogens (primary N) is 1. The highest BCUT2D eigenvalue weighted by Crippen LogP contribution is 2.42. The van der Waals surface area contributed by atoms with E-state index in [1.54, 1.807) is 0 Å². The smallest absolute Gasteiger partial charge is 0.154 e. The molecule has 0 heterocycles. The van der Waals surface area contributed by atoms with Gasteiger partial charge in [-0.2, -0.15) is 0 Å². The highest BCUT2D eigenvalue weighted by Gasteiger charge is 2.41. The monoisotopic (exact) mass is 303 g/mol. The van der Waals surface area contributed by atoms with Crippen LogP contribution in [0.3, 0.4) is 0 Å². The maximum Gasteiger partial charge on any atom is 0.154 e. The average molecular weight is 304 g/mol. The zero-order chi connectivity index (χ0) is 15.4. The minimum atomic E-state index is -3.03. The van der Waals surface area contributed by atoms with Crippen molar-refractivity contribution in [2.75, 3.05) is 5.75 Å². The third-order valence-electron chi connectivity index (χ3n) is 5.35. The van der Waals surface area contributed by atoms with Crippen LogP contribution in [0.5, 0.6) is 0 Å². The summed E-state index contributed by atoms with van der Waals surface area (Å²) < 4.78 is 25.1. The van der Waals surface area contributed by atoms with Crippen molar-refractivity contribution in [2.24, 2.45) is 17.1 Å². The van der Waals surface area contributed by atoms with Crippen molar-refractivity contribution in [2.45, 2.75) is 83.9 Å². The van der Waals surface area contributed by atoms with E-state index < -0.39 is 9.84 Å². The molecule has 0 aromatic heterocycles. The Balaban J connectivity index is 2.76. The van der Waals surface area contributed by atoms with E-state index in [1.165, 1.54) is 0 Å². The Morgan fingerprint density at radius 1 is 1.15 bits per heavy atom. The normalized spacial score (nSPS) is 28.6. The molecule has 1 fully saturated rings. The van der Waals surface area contributed by atoms with Gasteiger partial charge in [-0.15, -0.1) is 0 Å². The van der Waals surface area contributed by atoms with E-state index >= 15 is 0 Å². The summed E-state index contributed by atoms with van der Waals surface area (Å²) in [6.45, 7) is 8.81. The van der Waals surface area contributed by atoms with Crippen molar-refractivity contribution in [3.63, 3.8) is 0 Å². The van der Waals surface area contributed by atoms with Crippen LogP contribution in [0.15, 0.2) is 0 Å². The molecule has 0 bridgehead atoms. The molecule has 120 valence electrons. The van der Waals surface area contributed by atoms with Gasteiger partial charge in [0.15, 0.2) is 9.84 Å². The second kappa shape index (κ2) is 7.26. The molecule has 2 N–H and O–H groups in total. The summed E-state index contributed by atoms with van der Waals surface area (Å²) in [6.07, 6.45) is 6.60. The summed E-state index contributed by atoms with van der Waals surface area (Å²) in [6, 6.07) is -0.162. The standard InChI is InChI=1S/C16H33NO2S/c1-5-7-8-11-20(18,19)15-12-13(9-10-14(15)17)16(3,4)6-2/h13-15H,5-12,17H2,1-4H3. The van der Waals surface area contributed by atoms with Crippen molar-refractivity contribution in [3.05, 3.63) is 0 Å². The lowest BCUT2D eigenvalue weighted by Gasteiger charge is -2.41. The molecular weight excluding hydrogens is 270 g/mol. The SMILES string of the molecule is CCCCCS(=O)(=O)C1CC(C(C)(C)CC)CCC1N. The molecule has 0 aliphatic heterocycles. The molecule has 1 rings (SSSR count). The summed E-state index contributed by atoms with van der Waals surface area (Å²) in [5.41, 5.74) is 6.36. The van der Waals surface area contributed by atoms with Gasteiger partial charge in [-0.25, -0.2) is 8.42 Å². The minimum absolute atomic E-state index is 0.162. The van der Waals surface area contributed by atoms with Crippen LogP contribution in [-0.4, -0.2) is 25.5 Å². The lowest BCUT2D eigenvalue weighted by Crippen LogP contribution is -2.48. The van der Waals surface area contributed by atoms with Gasteiger partial charge in [0, 0.05) is 6.04 Å². The van der Waals surface area contributed by atoms with E-state index in [0.717, 1.165) is 44.9 Å². The van der Waals surface area contributed by atoms with Gasteiger partial charge in [-0.1, -0.05) is 47.0 Å². The molecule has 0 aromatic rings. The fourth-order valence-electron chi connectivity index (χ4n) is 3.27. The van der Waals surface area contributed by atoms with Gasteiger partial charge in [-0.3, -0.25) is 0 Å². The predicted molar refractivity (Wildman–Crippen MR) is 86.5 cm³/mol. The molecule has 20 heavy (non-hydrogen) atoms. The average Bonchev–Trinajstić information content (AvgIpc) is 2.39. The quantitative estimate of drug-likeness (QED) is 0.732. The second-order valence-corrected chi connectivity index (χ2v) is 9.47. The first-order chi connectivity index (χ1) is 9.24. The fourth-order valence-corrected chi connectivity index (χ4v) is 5.37. The van der Waals surface area contributed by atoms with E-state index in [9.17, 15) is 8.42 Å². The molecule has 0 saturated heterocycles. The van der Waals surface area contributed by atoms with Crippen LogP contribution in [-0.2, 0) is 9.84 Å². The van der Waals surface area contributed by atoms with Gasteiger partial charge in [0.2, 0.25) is 0 Å². The summed E-state index contributed by atoms with van der Waals surface area (Å²) in [5, 5.41) is -0.316. The Hall–Kier alpha value is -0.0900. The van der Waals surface area contributed by atoms with Crippen molar-refractivity contribution in [1.82, 2.24) is 0 Å². The molecule has 1 aliphatic rings. The fraction of sp³-hybridized carbons (Fsp3) is 1.00. The Bertz CT molecular complexity index is 389. The highest BCUT2D eigenvalue weighted by atomic mass is 32.2. The largest absolute Gasteiger partial charge is 0.327 e. The number of hydrogen-bond donors (Lipinski definition) is 1. The Morgan fingerprint density at radius 2 is 1.80 bits per heavy atom.